The van der Waals surface area contributed by atoms with Gasteiger partial charge in [-0.3, -0.25) is 33.9 Å². The smallest absolute Gasteiger partial charge is 0.266 e. The minimum atomic E-state index is -0.174. The van der Waals surface area contributed by atoms with E-state index in [1.165, 1.54) is 75.4 Å². The Balaban J connectivity index is 0.000000126. The predicted molar refractivity (Wildman–Crippen MR) is 383 cm³/mol. The maximum Gasteiger partial charge on any atom is 0.266 e. The molecule has 94 heavy (non-hydrogen) atoms. The molecule has 22 aromatic rings. The van der Waals surface area contributed by atoms with E-state index >= 15 is 0 Å². The van der Waals surface area contributed by atoms with E-state index in [9.17, 15) is 9.59 Å². The summed E-state index contributed by atoms with van der Waals surface area (Å²) in [6, 6.07) is 51.5. The molecule has 0 saturated carbocycles. The van der Waals surface area contributed by atoms with Gasteiger partial charge in [0.2, 0.25) is 0 Å². The first-order valence-corrected chi connectivity index (χ1v) is 31.9. The predicted octanol–water partition coefficient (Wildman–Crippen LogP) is 18.7. The molecule has 0 unspecified atom stereocenters. The summed E-state index contributed by atoms with van der Waals surface area (Å²) in [6.45, 7) is 12.9. The molecule has 440 valence electrons. The lowest BCUT2D eigenvalue weighted by atomic mass is 9.89. The van der Waals surface area contributed by atoms with Crippen LogP contribution in [-0.2, 0) is 10.8 Å². The van der Waals surface area contributed by atoms with Gasteiger partial charge in [-0.25, -0.2) is 24.3 Å². The highest BCUT2D eigenvalue weighted by Gasteiger charge is 2.33. The average Bonchev–Trinajstić information content (AvgIpc) is 1.53. The lowest BCUT2D eigenvalue weighted by Crippen LogP contribution is -2.14. The van der Waals surface area contributed by atoms with Crippen molar-refractivity contribution in [3.8, 4) is 44.5 Å². The summed E-state index contributed by atoms with van der Waals surface area (Å²) in [5.74, 6) is 0. The van der Waals surface area contributed by atoms with E-state index < -0.39 is 0 Å². The molecule has 12 aromatic carbocycles. The van der Waals surface area contributed by atoms with Gasteiger partial charge in [-0.15, -0.1) is 0 Å². The van der Waals surface area contributed by atoms with E-state index in [4.69, 9.17) is 19.9 Å². The lowest BCUT2D eigenvalue weighted by molar-refractivity contribution is 0.571. The van der Waals surface area contributed by atoms with Gasteiger partial charge in [0.15, 0.2) is 22.6 Å². The van der Waals surface area contributed by atoms with Crippen molar-refractivity contribution in [2.75, 3.05) is 0 Å². The Bertz CT molecular complexity index is 6910. The van der Waals surface area contributed by atoms with Gasteiger partial charge in [-0.05, 0) is 249 Å². The Morgan fingerprint density at radius 1 is 0.287 bits per heavy atom. The van der Waals surface area contributed by atoms with Gasteiger partial charge in [0, 0.05) is 82.6 Å². The van der Waals surface area contributed by atoms with Crippen molar-refractivity contribution in [1.29, 1.82) is 0 Å². The number of benzene rings is 10. The molecule has 12 heteroatoms. The van der Waals surface area contributed by atoms with Gasteiger partial charge in [-0.1, -0.05) is 90.1 Å². The number of fused-ring (bicyclic) bond motifs is 14. The highest BCUT2D eigenvalue weighted by Crippen LogP contribution is 2.57. The van der Waals surface area contributed by atoms with Crippen molar-refractivity contribution in [3.05, 3.63) is 227 Å². The molecule has 0 amide bonds. The van der Waals surface area contributed by atoms with Crippen LogP contribution in [0.1, 0.15) is 52.9 Å². The normalized spacial score (nSPS) is 13.1. The SMILES string of the molecule is CC(C)(C)c1ccc2c(n1)nc1c3c4cc(-c5ccncc5)c5ccc6ccc7c(-c8ccncc8)cc(c3c(=O)n21)c1c7c6c5c41.CC(C)(C)c1ccc2nc3c4c5cc(-c6ccncc6)c6ccc7ccc8c(-c9ccncc9)cc(c4c(=O)n3c2n1)c1c8c7c6c51. The lowest BCUT2D eigenvalue weighted by Gasteiger charge is -2.17. The molecule has 0 aliphatic carbocycles. The van der Waals surface area contributed by atoms with Crippen LogP contribution in [0.4, 0.5) is 0 Å². The number of pyridine rings is 6. The van der Waals surface area contributed by atoms with Gasteiger partial charge in [0.25, 0.3) is 11.1 Å². The molecule has 0 saturated heterocycles. The van der Waals surface area contributed by atoms with E-state index in [2.05, 4.69) is 183 Å². The number of aromatic nitrogens is 10. The summed E-state index contributed by atoms with van der Waals surface area (Å²) in [5, 5.41) is 26.4. The summed E-state index contributed by atoms with van der Waals surface area (Å²) in [6.07, 6.45) is 14.7. The van der Waals surface area contributed by atoms with Crippen LogP contribution in [0.3, 0.4) is 0 Å². The Morgan fingerprint density at radius 3 is 1.02 bits per heavy atom. The van der Waals surface area contributed by atoms with Gasteiger partial charge in [0.05, 0.1) is 16.3 Å². The molecule has 0 aliphatic rings. The van der Waals surface area contributed by atoms with Crippen molar-refractivity contribution in [1.82, 2.24) is 48.7 Å². The third-order valence-electron chi connectivity index (χ3n) is 20.6. The highest BCUT2D eigenvalue weighted by molar-refractivity contribution is 6.52. The minimum absolute atomic E-state index is 0.0570. The fourth-order valence-electron chi connectivity index (χ4n) is 16.6. The largest absolute Gasteiger partial charge is 0.268 e. The van der Waals surface area contributed by atoms with Gasteiger partial charge in [0.1, 0.15) is 5.52 Å². The number of rotatable bonds is 4. The number of imidazole rings is 2. The molecule has 10 heterocycles. The summed E-state index contributed by atoms with van der Waals surface area (Å²) in [4.78, 5) is 67.3. The van der Waals surface area contributed by atoms with Crippen LogP contribution in [0.15, 0.2) is 205 Å². The topological polar surface area (TPSA) is 146 Å². The zero-order chi connectivity index (χ0) is 62.7. The Hall–Kier alpha value is -12.0. The number of hydrogen-bond acceptors (Lipinski definition) is 10. The van der Waals surface area contributed by atoms with Crippen LogP contribution in [0.2, 0.25) is 0 Å². The van der Waals surface area contributed by atoms with Crippen molar-refractivity contribution >= 4 is 163 Å². The van der Waals surface area contributed by atoms with Crippen LogP contribution in [0.5, 0.6) is 0 Å². The summed E-state index contributed by atoms with van der Waals surface area (Å²) in [5.41, 5.74) is 14.2. The molecule has 0 bridgehead atoms. The first-order chi connectivity index (χ1) is 45.8. The first-order valence-electron chi connectivity index (χ1n) is 31.9. The molecule has 0 aliphatic heterocycles. The quantitative estimate of drug-likeness (QED) is 0.156. The van der Waals surface area contributed by atoms with Crippen LogP contribution in [0.25, 0.3) is 207 Å². The highest BCUT2D eigenvalue weighted by atomic mass is 16.1. The molecular weight excluding hydrogens is 1160 g/mol. The third-order valence-corrected chi connectivity index (χ3v) is 20.6. The van der Waals surface area contributed by atoms with Crippen LogP contribution >= 0.6 is 0 Å². The Labute approximate surface area is 532 Å². The van der Waals surface area contributed by atoms with E-state index in [1.54, 1.807) is 8.80 Å². The molecule has 0 spiro atoms. The van der Waals surface area contributed by atoms with Crippen molar-refractivity contribution in [2.45, 2.75) is 52.4 Å². The summed E-state index contributed by atoms with van der Waals surface area (Å²) >= 11 is 0. The van der Waals surface area contributed by atoms with E-state index in [-0.39, 0.29) is 21.9 Å². The monoisotopic (exact) mass is 1210 g/mol. The van der Waals surface area contributed by atoms with Gasteiger partial charge < -0.3 is 0 Å². The second-order valence-electron chi connectivity index (χ2n) is 27.7. The summed E-state index contributed by atoms with van der Waals surface area (Å²) < 4.78 is 3.55. The molecule has 0 N–H and O–H groups in total. The van der Waals surface area contributed by atoms with E-state index in [1.807, 2.05) is 73.8 Å². The van der Waals surface area contributed by atoms with E-state index in [0.717, 1.165) is 110 Å². The molecule has 0 atom stereocenters. The van der Waals surface area contributed by atoms with Crippen LogP contribution in [-0.4, -0.2) is 48.7 Å². The molecule has 12 nitrogen and oxygen atoms in total. The van der Waals surface area contributed by atoms with Crippen LogP contribution in [0, 0.1) is 0 Å². The second-order valence-corrected chi connectivity index (χ2v) is 27.7. The zero-order valence-electron chi connectivity index (χ0n) is 51.8. The second kappa shape index (κ2) is 17.5. The number of hydrogen-bond donors (Lipinski definition) is 0. The standard InChI is InChI=1S/2C41H25N5O/c1-41(2,3)30-9-8-29-38(44-30)45-39-36-27-18-25(20-10-14-42-15-11-20)23-6-4-22-5-7-24-26(21-12-16-43-17-13-21)19-28(37(36)40(47)46(29)39)35-33(24)31(22)32(23)34(27)35;1-41(2,3)30-9-8-29-38(45-30)46-39(44-29)36-27-18-25(20-10-14-42-15-11-20)23-6-4-22-5-7-24-26(21-12-16-43-17-13-21)19-28(37(36)40(46)47)35-33(24)31(22)32(23)34(27)35/h2*4-19H,1-3H3. The minimum Gasteiger partial charge on any atom is -0.268 e. The third kappa shape index (κ3) is 6.46. The van der Waals surface area contributed by atoms with Crippen LogP contribution < -0.4 is 11.1 Å². The Morgan fingerprint density at radius 2 is 0.628 bits per heavy atom. The molecule has 22 rings (SSSR count). The molecule has 10 aromatic heterocycles. The maximum absolute atomic E-state index is 14.9. The van der Waals surface area contributed by atoms with Gasteiger partial charge in [-0.2, -0.15) is 0 Å². The van der Waals surface area contributed by atoms with Crippen molar-refractivity contribution in [2.24, 2.45) is 0 Å². The first kappa shape index (κ1) is 51.7. The Kier molecular flexibility index (Phi) is 9.63. The fourth-order valence-corrected chi connectivity index (χ4v) is 16.6. The molecule has 0 radical (unpaired) electrons. The number of nitrogens with zero attached hydrogens (tertiary/aromatic N) is 10. The fraction of sp³-hybridized carbons (Fsp3) is 0.0976. The van der Waals surface area contributed by atoms with Crippen molar-refractivity contribution < 1.29 is 0 Å². The molecule has 0 fully saturated rings. The van der Waals surface area contributed by atoms with Gasteiger partial charge >= 0.3 is 0 Å². The maximum atomic E-state index is 14.9. The average molecular weight is 1210 g/mol. The zero-order valence-corrected chi connectivity index (χ0v) is 51.8. The molecular formula is C82H50N10O2. The summed E-state index contributed by atoms with van der Waals surface area (Å²) in [7, 11) is 0. The van der Waals surface area contributed by atoms with Crippen molar-refractivity contribution in [3.63, 3.8) is 0 Å². The van der Waals surface area contributed by atoms with E-state index in [0.29, 0.717) is 33.4 Å².